The van der Waals surface area contributed by atoms with Crippen LogP contribution in [-0.2, 0) is 12.7 Å². The summed E-state index contributed by atoms with van der Waals surface area (Å²) in [5, 5.41) is 2.67. The molecule has 0 saturated carbocycles. The Kier molecular flexibility index (Phi) is 7.19. The van der Waals surface area contributed by atoms with Gasteiger partial charge in [-0.2, -0.15) is 13.2 Å². The minimum absolute atomic E-state index is 0.00868. The summed E-state index contributed by atoms with van der Waals surface area (Å²) in [6.45, 7) is 4.67. The number of nitrogens with zero attached hydrogens (tertiary/aromatic N) is 2. The van der Waals surface area contributed by atoms with Crippen LogP contribution in [0.3, 0.4) is 0 Å². The zero-order valence-corrected chi connectivity index (χ0v) is 15.7. The molecule has 2 amide bonds. The van der Waals surface area contributed by atoms with E-state index in [1.54, 1.807) is 0 Å². The van der Waals surface area contributed by atoms with Crippen LogP contribution >= 0.6 is 0 Å². The Balaban J connectivity index is 2.11. The van der Waals surface area contributed by atoms with E-state index in [2.05, 4.69) is 10.3 Å². The Hall–Kier alpha value is -2.84. The summed E-state index contributed by atoms with van der Waals surface area (Å²) in [5.74, 6) is -0.630. The molecular weight excluding hydrogens is 375 g/mol. The first-order valence-electron chi connectivity index (χ1n) is 8.95. The Morgan fingerprint density at radius 3 is 2.39 bits per heavy atom. The molecule has 0 saturated heterocycles. The lowest BCUT2D eigenvalue weighted by Crippen LogP contribution is -2.31. The van der Waals surface area contributed by atoms with Gasteiger partial charge in [0.1, 0.15) is 6.26 Å². The molecule has 1 aromatic carbocycles. The first-order chi connectivity index (χ1) is 13.3. The maximum atomic E-state index is 12.7. The summed E-state index contributed by atoms with van der Waals surface area (Å²) in [6, 6.07) is 4.04. The summed E-state index contributed by atoms with van der Waals surface area (Å²) >= 11 is 0. The van der Waals surface area contributed by atoms with E-state index < -0.39 is 17.6 Å². The number of hydrogen-bond donors (Lipinski definition) is 1. The third kappa shape index (κ3) is 5.58. The molecule has 1 aromatic heterocycles. The maximum Gasteiger partial charge on any atom is 0.416 e. The van der Waals surface area contributed by atoms with Crippen molar-refractivity contribution in [3.05, 3.63) is 53.2 Å². The highest BCUT2D eigenvalue weighted by Gasteiger charge is 2.30. The maximum absolute atomic E-state index is 12.7. The van der Waals surface area contributed by atoms with Crippen molar-refractivity contribution in [2.45, 2.75) is 39.4 Å². The van der Waals surface area contributed by atoms with E-state index in [9.17, 15) is 22.8 Å². The summed E-state index contributed by atoms with van der Waals surface area (Å²) < 4.78 is 43.3. The first kappa shape index (κ1) is 21.5. The summed E-state index contributed by atoms with van der Waals surface area (Å²) in [7, 11) is 0. The minimum atomic E-state index is -4.46. The van der Waals surface area contributed by atoms with Crippen LogP contribution in [0.1, 0.15) is 59.0 Å². The van der Waals surface area contributed by atoms with E-state index in [1.165, 1.54) is 11.2 Å². The molecule has 0 bridgehead atoms. The van der Waals surface area contributed by atoms with Gasteiger partial charge in [-0.05, 0) is 37.1 Å². The van der Waals surface area contributed by atoms with Crippen LogP contribution in [0, 0.1) is 0 Å². The molecule has 0 unspecified atom stereocenters. The van der Waals surface area contributed by atoms with Crippen molar-refractivity contribution in [1.82, 2.24) is 15.2 Å². The number of alkyl halides is 3. The number of halogens is 3. The number of carbonyl (C=O) groups is 2. The molecule has 2 aromatic rings. The topological polar surface area (TPSA) is 75.4 Å². The van der Waals surface area contributed by atoms with Gasteiger partial charge in [-0.1, -0.05) is 13.8 Å². The predicted molar refractivity (Wildman–Crippen MR) is 95.6 cm³/mol. The highest BCUT2D eigenvalue weighted by Crippen LogP contribution is 2.29. The van der Waals surface area contributed by atoms with Gasteiger partial charge in [0.2, 0.25) is 5.89 Å². The second kappa shape index (κ2) is 9.38. The number of amides is 2. The van der Waals surface area contributed by atoms with Crippen LogP contribution in [0.4, 0.5) is 13.2 Å². The van der Waals surface area contributed by atoms with E-state index in [1.807, 2.05) is 13.8 Å². The molecule has 1 heterocycles. The fraction of sp³-hybridized carbons (Fsp3) is 0.421. The molecule has 6 nitrogen and oxygen atoms in total. The zero-order chi connectivity index (χ0) is 20.7. The Morgan fingerprint density at radius 1 is 1.14 bits per heavy atom. The highest BCUT2D eigenvalue weighted by atomic mass is 19.4. The average Bonchev–Trinajstić information content (AvgIpc) is 3.13. The fourth-order valence-corrected chi connectivity index (χ4v) is 2.49. The van der Waals surface area contributed by atoms with E-state index in [-0.39, 0.29) is 29.6 Å². The van der Waals surface area contributed by atoms with Gasteiger partial charge in [0, 0.05) is 18.7 Å². The predicted octanol–water partition coefficient (Wildman–Crippen LogP) is 3.89. The third-order valence-electron chi connectivity index (χ3n) is 3.89. The molecule has 0 aliphatic heterocycles. The number of hydrogen-bond acceptors (Lipinski definition) is 4. The largest absolute Gasteiger partial charge is 0.446 e. The molecule has 0 radical (unpaired) electrons. The number of aromatic nitrogens is 1. The van der Waals surface area contributed by atoms with Gasteiger partial charge in [0.15, 0.2) is 5.69 Å². The standard InChI is InChI=1S/C19H22F3N3O3/c1-3-9-23-17(26)15-12-28-16(24-15)11-25(10-4-2)18(27)13-5-7-14(8-6-13)19(20,21)22/h5-8,12H,3-4,9-11H2,1-2H3,(H,23,26). The first-order valence-corrected chi connectivity index (χ1v) is 8.95. The smallest absolute Gasteiger partial charge is 0.416 e. The summed E-state index contributed by atoms with van der Waals surface area (Å²) in [5.41, 5.74) is -0.572. The molecule has 0 aliphatic rings. The zero-order valence-electron chi connectivity index (χ0n) is 15.7. The second-order valence-electron chi connectivity index (χ2n) is 6.18. The Morgan fingerprint density at radius 2 is 1.82 bits per heavy atom. The summed E-state index contributed by atoms with van der Waals surface area (Å²) in [4.78, 5) is 30.1. The van der Waals surface area contributed by atoms with Gasteiger partial charge in [-0.3, -0.25) is 9.59 Å². The van der Waals surface area contributed by atoms with Gasteiger partial charge >= 0.3 is 6.18 Å². The number of carbonyl (C=O) groups excluding carboxylic acids is 2. The van der Waals surface area contributed by atoms with Crippen LogP contribution in [-0.4, -0.2) is 34.8 Å². The van der Waals surface area contributed by atoms with Gasteiger partial charge in [0.05, 0.1) is 12.1 Å². The second-order valence-corrected chi connectivity index (χ2v) is 6.18. The fourth-order valence-electron chi connectivity index (χ4n) is 2.49. The molecule has 9 heteroatoms. The van der Waals surface area contributed by atoms with Gasteiger partial charge < -0.3 is 14.6 Å². The van der Waals surface area contributed by atoms with Crippen molar-refractivity contribution in [2.75, 3.05) is 13.1 Å². The lowest BCUT2D eigenvalue weighted by Gasteiger charge is -2.20. The van der Waals surface area contributed by atoms with Crippen LogP contribution in [0.25, 0.3) is 0 Å². The highest BCUT2D eigenvalue weighted by molar-refractivity contribution is 5.94. The summed E-state index contributed by atoms with van der Waals surface area (Å²) in [6.07, 6.45) is -1.83. The van der Waals surface area contributed by atoms with Crippen LogP contribution in [0.15, 0.2) is 34.9 Å². The van der Waals surface area contributed by atoms with Gasteiger partial charge in [0.25, 0.3) is 11.8 Å². The number of nitrogens with one attached hydrogen (secondary N) is 1. The van der Waals surface area contributed by atoms with E-state index in [4.69, 9.17) is 4.42 Å². The number of benzene rings is 1. The molecule has 0 atom stereocenters. The molecular formula is C19H22F3N3O3. The SMILES string of the molecule is CCCNC(=O)c1coc(CN(CCC)C(=O)c2ccc(C(F)(F)F)cc2)n1. The van der Waals surface area contributed by atoms with Crippen LogP contribution < -0.4 is 5.32 Å². The van der Waals surface area contributed by atoms with E-state index in [0.717, 1.165) is 30.7 Å². The van der Waals surface area contributed by atoms with E-state index in [0.29, 0.717) is 19.5 Å². The molecule has 0 spiro atoms. The van der Waals surface area contributed by atoms with E-state index >= 15 is 0 Å². The minimum Gasteiger partial charge on any atom is -0.446 e. The van der Waals surface area contributed by atoms with Crippen molar-refractivity contribution in [2.24, 2.45) is 0 Å². The quantitative estimate of drug-likeness (QED) is 0.733. The van der Waals surface area contributed by atoms with Crippen molar-refractivity contribution in [3.8, 4) is 0 Å². The van der Waals surface area contributed by atoms with Gasteiger partial charge in [-0.15, -0.1) is 0 Å². The lowest BCUT2D eigenvalue weighted by atomic mass is 10.1. The molecule has 1 N–H and O–H groups in total. The molecule has 0 fully saturated rings. The average molecular weight is 397 g/mol. The third-order valence-corrected chi connectivity index (χ3v) is 3.89. The van der Waals surface area contributed by atoms with Gasteiger partial charge in [-0.25, -0.2) is 4.98 Å². The normalized spacial score (nSPS) is 11.3. The van der Waals surface area contributed by atoms with Crippen molar-refractivity contribution in [3.63, 3.8) is 0 Å². The Bertz CT molecular complexity index is 801. The molecule has 0 aliphatic carbocycles. The number of oxazole rings is 1. The molecule has 152 valence electrons. The van der Waals surface area contributed by atoms with Crippen LogP contribution in [0.5, 0.6) is 0 Å². The monoisotopic (exact) mass is 397 g/mol. The lowest BCUT2D eigenvalue weighted by molar-refractivity contribution is -0.137. The molecule has 28 heavy (non-hydrogen) atoms. The van der Waals surface area contributed by atoms with Crippen LogP contribution in [0.2, 0.25) is 0 Å². The van der Waals surface area contributed by atoms with Crippen molar-refractivity contribution >= 4 is 11.8 Å². The van der Waals surface area contributed by atoms with Crippen molar-refractivity contribution in [1.29, 1.82) is 0 Å². The number of rotatable bonds is 8. The molecule has 2 rings (SSSR count). The Labute approximate surface area is 160 Å². The van der Waals surface area contributed by atoms with Crippen molar-refractivity contribution < 1.29 is 27.2 Å².